The van der Waals surface area contributed by atoms with Gasteiger partial charge in [-0.15, -0.1) is 0 Å². The van der Waals surface area contributed by atoms with Gasteiger partial charge in [0.15, 0.2) is 0 Å². The molecule has 0 saturated heterocycles. The van der Waals surface area contributed by atoms with E-state index in [0.717, 1.165) is 70.3 Å². The lowest BCUT2D eigenvalue weighted by Gasteiger charge is -2.24. The molecule has 0 unspecified atom stereocenters. The molecule has 2 amide bonds. The zero-order valence-electron chi connectivity index (χ0n) is 18.5. The summed E-state index contributed by atoms with van der Waals surface area (Å²) in [6.07, 6.45) is 6.81. The van der Waals surface area contributed by atoms with Crippen LogP contribution in [0, 0.1) is 5.92 Å². The lowest BCUT2D eigenvalue weighted by Crippen LogP contribution is -2.27. The third-order valence-corrected chi connectivity index (χ3v) is 7.19. The molecule has 0 radical (unpaired) electrons. The molecule has 3 aliphatic rings. The minimum absolute atomic E-state index is 0.118. The standard InChI is InChI=1S/C26H26N4O2S/c1-2-6-21-24(26(32)30-29-21)22-15-23(19-9-3-4-10-20(19)28-22)33-18-13-11-17(12-14-18)27-25(31)16-7-5-8-16/h3-4,9-16,28H,2,5-8H2,1H3,(H,27,31)(H,30,32). The number of fused-ring (bicyclic) bond motifs is 1. The van der Waals surface area contributed by atoms with Crippen molar-refractivity contribution in [3.8, 4) is 0 Å². The fourth-order valence-corrected chi connectivity index (χ4v) is 5.11. The molecule has 1 aliphatic carbocycles. The predicted molar refractivity (Wildman–Crippen MR) is 134 cm³/mol. The van der Waals surface area contributed by atoms with Crippen LogP contribution in [0.2, 0.25) is 0 Å². The predicted octanol–water partition coefficient (Wildman–Crippen LogP) is 5.52. The molecule has 6 nitrogen and oxygen atoms in total. The van der Waals surface area contributed by atoms with E-state index >= 15 is 0 Å². The molecular formula is C26H26N4O2S. The summed E-state index contributed by atoms with van der Waals surface area (Å²) in [5, 5.41) is 10.7. The zero-order chi connectivity index (χ0) is 22.8. The molecule has 2 heterocycles. The quantitative estimate of drug-likeness (QED) is 0.498. The van der Waals surface area contributed by atoms with Crippen molar-refractivity contribution in [2.24, 2.45) is 11.0 Å². The number of nitrogens with one attached hydrogen (secondary N) is 3. The van der Waals surface area contributed by atoms with Gasteiger partial charge in [-0.25, -0.2) is 5.43 Å². The van der Waals surface area contributed by atoms with Crippen LogP contribution in [-0.2, 0) is 9.59 Å². The Morgan fingerprint density at radius 3 is 2.67 bits per heavy atom. The van der Waals surface area contributed by atoms with E-state index < -0.39 is 0 Å². The molecule has 0 atom stereocenters. The second-order valence-corrected chi connectivity index (χ2v) is 9.58. The van der Waals surface area contributed by atoms with Gasteiger partial charge in [0, 0.05) is 32.7 Å². The first-order chi connectivity index (χ1) is 16.1. The molecule has 33 heavy (non-hydrogen) atoms. The molecule has 5 rings (SSSR count). The fraction of sp³-hybridized carbons (Fsp3) is 0.269. The van der Waals surface area contributed by atoms with Crippen LogP contribution in [-0.4, -0.2) is 17.5 Å². The van der Waals surface area contributed by atoms with Crippen LogP contribution in [0.15, 0.2) is 75.9 Å². The van der Waals surface area contributed by atoms with E-state index in [-0.39, 0.29) is 17.7 Å². The summed E-state index contributed by atoms with van der Waals surface area (Å²) in [6.45, 7) is 2.08. The van der Waals surface area contributed by atoms with Gasteiger partial charge >= 0.3 is 0 Å². The Morgan fingerprint density at radius 1 is 1.15 bits per heavy atom. The van der Waals surface area contributed by atoms with Gasteiger partial charge in [0.25, 0.3) is 5.91 Å². The number of benzene rings is 2. The highest BCUT2D eigenvalue weighted by atomic mass is 32.2. The van der Waals surface area contributed by atoms with E-state index in [0.29, 0.717) is 5.57 Å². The van der Waals surface area contributed by atoms with Gasteiger partial charge in [-0.05, 0) is 55.7 Å². The molecule has 168 valence electrons. The second kappa shape index (κ2) is 9.27. The molecule has 0 bridgehead atoms. The zero-order valence-corrected chi connectivity index (χ0v) is 19.3. The van der Waals surface area contributed by atoms with Gasteiger partial charge in [0.2, 0.25) is 5.91 Å². The maximum Gasteiger partial charge on any atom is 0.275 e. The van der Waals surface area contributed by atoms with Crippen LogP contribution in [0.25, 0.3) is 4.91 Å². The van der Waals surface area contributed by atoms with Gasteiger partial charge < -0.3 is 10.6 Å². The van der Waals surface area contributed by atoms with Gasteiger partial charge in [-0.2, -0.15) is 5.10 Å². The Hall–Kier alpha value is -3.32. The Balaban J connectivity index is 1.42. The highest BCUT2D eigenvalue weighted by Crippen LogP contribution is 2.42. The van der Waals surface area contributed by atoms with Crippen LogP contribution in [0.3, 0.4) is 0 Å². The number of thioether (sulfide) groups is 1. The minimum Gasteiger partial charge on any atom is -0.354 e. The Kier molecular flexibility index (Phi) is 6.05. The van der Waals surface area contributed by atoms with Crippen LogP contribution in [0.1, 0.15) is 44.6 Å². The molecular weight excluding hydrogens is 432 g/mol. The van der Waals surface area contributed by atoms with Crippen molar-refractivity contribution in [1.82, 2.24) is 5.43 Å². The largest absolute Gasteiger partial charge is 0.354 e. The number of amides is 2. The van der Waals surface area contributed by atoms with E-state index in [1.165, 1.54) is 0 Å². The van der Waals surface area contributed by atoms with E-state index in [1.807, 2.05) is 48.5 Å². The molecule has 2 aromatic rings. The SMILES string of the molecule is CCCC1=NNC(=O)C1=C1C=C(Sc2ccc(NC(=O)C3CCC3)cc2)c2ccccc2N1. The average Bonchev–Trinajstić information content (AvgIpc) is 3.14. The highest BCUT2D eigenvalue weighted by molar-refractivity contribution is 8.08. The summed E-state index contributed by atoms with van der Waals surface area (Å²) in [7, 11) is 0. The number of carbonyl (C=O) groups is 2. The summed E-state index contributed by atoms with van der Waals surface area (Å²) >= 11 is 1.64. The van der Waals surface area contributed by atoms with Gasteiger partial charge in [-0.1, -0.05) is 49.7 Å². The van der Waals surface area contributed by atoms with Crippen LogP contribution >= 0.6 is 11.8 Å². The minimum atomic E-state index is -0.174. The maximum absolute atomic E-state index is 12.5. The number of hydrogen-bond donors (Lipinski definition) is 3. The summed E-state index contributed by atoms with van der Waals surface area (Å²) in [5.41, 5.74) is 7.64. The third-order valence-electron chi connectivity index (χ3n) is 6.13. The highest BCUT2D eigenvalue weighted by Gasteiger charge is 2.28. The second-order valence-electron chi connectivity index (χ2n) is 8.46. The normalized spacial score (nSPS) is 19.6. The lowest BCUT2D eigenvalue weighted by molar-refractivity contribution is -0.122. The van der Waals surface area contributed by atoms with Crippen molar-refractivity contribution in [1.29, 1.82) is 0 Å². The van der Waals surface area contributed by atoms with Crippen molar-refractivity contribution in [2.75, 3.05) is 10.6 Å². The van der Waals surface area contributed by atoms with Crippen LogP contribution in [0.5, 0.6) is 0 Å². The summed E-state index contributed by atoms with van der Waals surface area (Å²) in [4.78, 5) is 26.9. The van der Waals surface area contributed by atoms with E-state index in [1.54, 1.807) is 11.8 Å². The summed E-state index contributed by atoms with van der Waals surface area (Å²) < 4.78 is 0. The summed E-state index contributed by atoms with van der Waals surface area (Å²) in [5.74, 6) is 0.107. The van der Waals surface area contributed by atoms with Crippen LogP contribution in [0.4, 0.5) is 11.4 Å². The number of allylic oxidation sites excluding steroid dienone is 1. The number of anilines is 2. The first-order valence-electron chi connectivity index (χ1n) is 11.4. The Bertz CT molecular complexity index is 1190. The number of rotatable bonds is 6. The molecule has 3 N–H and O–H groups in total. The average molecular weight is 459 g/mol. The Morgan fingerprint density at radius 2 is 1.94 bits per heavy atom. The van der Waals surface area contributed by atoms with E-state index in [2.05, 4.69) is 34.2 Å². The lowest BCUT2D eigenvalue weighted by atomic mass is 9.85. The van der Waals surface area contributed by atoms with Gasteiger partial charge in [-0.3, -0.25) is 9.59 Å². The third kappa shape index (κ3) is 4.46. The first kappa shape index (κ1) is 21.5. The fourth-order valence-electron chi connectivity index (χ4n) is 4.12. The van der Waals surface area contributed by atoms with Crippen molar-refractivity contribution >= 4 is 45.6 Å². The van der Waals surface area contributed by atoms with Crippen molar-refractivity contribution in [3.63, 3.8) is 0 Å². The van der Waals surface area contributed by atoms with Gasteiger partial charge in [0.05, 0.1) is 17.0 Å². The molecule has 0 aromatic heterocycles. The van der Waals surface area contributed by atoms with Crippen molar-refractivity contribution in [2.45, 2.75) is 43.9 Å². The number of para-hydroxylation sites is 1. The topological polar surface area (TPSA) is 82.6 Å². The monoisotopic (exact) mass is 458 g/mol. The van der Waals surface area contributed by atoms with E-state index in [4.69, 9.17) is 0 Å². The van der Waals surface area contributed by atoms with Crippen molar-refractivity contribution in [3.05, 3.63) is 71.4 Å². The first-order valence-corrected chi connectivity index (χ1v) is 12.2. The Labute approximate surface area is 197 Å². The van der Waals surface area contributed by atoms with Crippen molar-refractivity contribution < 1.29 is 9.59 Å². The molecule has 2 aliphatic heterocycles. The molecule has 0 spiro atoms. The maximum atomic E-state index is 12.5. The molecule has 7 heteroatoms. The number of hydrogen-bond acceptors (Lipinski definition) is 5. The smallest absolute Gasteiger partial charge is 0.275 e. The molecule has 1 saturated carbocycles. The van der Waals surface area contributed by atoms with Crippen LogP contribution < -0.4 is 16.1 Å². The molecule has 1 fully saturated rings. The summed E-state index contributed by atoms with van der Waals surface area (Å²) in [6, 6.07) is 16.0. The number of hydrazone groups is 1. The van der Waals surface area contributed by atoms with Gasteiger partial charge in [0.1, 0.15) is 0 Å². The van der Waals surface area contributed by atoms with E-state index in [9.17, 15) is 9.59 Å². The molecule has 2 aromatic carbocycles. The number of carbonyl (C=O) groups excluding carboxylic acids is 2. The number of nitrogens with zero attached hydrogens (tertiary/aromatic N) is 1.